The van der Waals surface area contributed by atoms with Crippen molar-refractivity contribution in [2.45, 2.75) is 13.5 Å². The minimum atomic E-state index is 0.0880. The highest BCUT2D eigenvalue weighted by Crippen LogP contribution is 2.02. The summed E-state index contributed by atoms with van der Waals surface area (Å²) in [5, 5.41) is 8.75. The Balaban J connectivity index is 2.57. The van der Waals surface area contributed by atoms with Gasteiger partial charge in [0.1, 0.15) is 0 Å². The Kier molecular flexibility index (Phi) is 4.52. The lowest BCUT2D eigenvalue weighted by Crippen LogP contribution is -2.26. The topological polar surface area (TPSA) is 60.2 Å². The average Bonchev–Trinajstić information content (AvgIpc) is 2.17. The van der Waals surface area contributed by atoms with Crippen LogP contribution in [-0.2, 0) is 6.54 Å². The molecule has 1 aromatic rings. The summed E-state index contributed by atoms with van der Waals surface area (Å²) in [6.07, 6.45) is 0. The van der Waals surface area contributed by atoms with Gasteiger partial charge < -0.3 is 15.7 Å². The molecule has 4 nitrogen and oxygen atoms in total. The molecule has 2 N–H and O–H groups in total. The Morgan fingerprint density at radius 1 is 1.50 bits per heavy atom. The molecular weight excluding hydrogens is 178 g/mol. The first-order valence-electron chi connectivity index (χ1n) is 4.66. The van der Waals surface area contributed by atoms with Crippen LogP contribution in [0.5, 0.6) is 0 Å². The van der Waals surface area contributed by atoms with E-state index in [1.54, 1.807) is 0 Å². The van der Waals surface area contributed by atoms with E-state index in [0.717, 1.165) is 11.4 Å². The normalized spacial score (nSPS) is 10.9. The first-order valence-corrected chi connectivity index (χ1v) is 4.66. The summed E-state index contributed by atoms with van der Waals surface area (Å²) in [5.41, 5.74) is 9.19. The number of aryl methyl sites for hydroxylation is 1. The standard InChI is InChI=1S/C10H16N3O/c1-9-3-2-4-10(12-9)7-13(8-11)5-6-14/h2-4,11,14H,5-8H2,1H3/q-1. The number of nitrogens with zero attached hydrogens (tertiary/aromatic N) is 2. The molecule has 78 valence electrons. The number of aliphatic hydroxyl groups is 1. The lowest BCUT2D eigenvalue weighted by Gasteiger charge is -2.22. The van der Waals surface area contributed by atoms with Crippen molar-refractivity contribution < 1.29 is 5.11 Å². The predicted octanol–water partition coefficient (Wildman–Crippen LogP) is 1.19. The number of rotatable bonds is 5. The average molecular weight is 194 g/mol. The fourth-order valence-corrected chi connectivity index (χ4v) is 1.27. The molecule has 4 heteroatoms. The van der Waals surface area contributed by atoms with Gasteiger partial charge in [-0.05, 0) is 19.1 Å². The lowest BCUT2D eigenvalue weighted by atomic mass is 10.3. The van der Waals surface area contributed by atoms with Gasteiger partial charge in [0.15, 0.2) is 0 Å². The Morgan fingerprint density at radius 2 is 2.29 bits per heavy atom. The third-order valence-electron chi connectivity index (χ3n) is 1.97. The molecule has 0 saturated carbocycles. The van der Waals surface area contributed by atoms with Crippen LogP contribution in [0.4, 0.5) is 0 Å². The number of pyridine rings is 1. The Hall–Kier alpha value is -0.970. The molecule has 0 unspecified atom stereocenters. The van der Waals surface area contributed by atoms with Gasteiger partial charge in [0.05, 0.1) is 12.3 Å². The summed E-state index contributed by atoms with van der Waals surface area (Å²) < 4.78 is 0. The molecule has 1 heterocycles. The largest absolute Gasteiger partial charge is 0.665 e. The van der Waals surface area contributed by atoms with Gasteiger partial charge in [-0.15, -0.1) is 0 Å². The van der Waals surface area contributed by atoms with E-state index < -0.39 is 0 Å². The van der Waals surface area contributed by atoms with Crippen LogP contribution in [0, 0.1) is 6.92 Å². The number of aromatic nitrogens is 1. The van der Waals surface area contributed by atoms with Crippen molar-refractivity contribution in [3.05, 3.63) is 35.3 Å². The van der Waals surface area contributed by atoms with Gasteiger partial charge in [-0.25, -0.2) is 0 Å². The molecule has 0 saturated heterocycles. The van der Waals surface area contributed by atoms with Crippen molar-refractivity contribution in [2.75, 3.05) is 19.8 Å². The number of hydrogen-bond acceptors (Lipinski definition) is 3. The van der Waals surface area contributed by atoms with Gasteiger partial charge in [-0.1, -0.05) is 12.7 Å². The van der Waals surface area contributed by atoms with E-state index in [0.29, 0.717) is 13.1 Å². The highest BCUT2D eigenvalue weighted by atomic mass is 16.3. The van der Waals surface area contributed by atoms with E-state index in [-0.39, 0.29) is 13.3 Å². The van der Waals surface area contributed by atoms with E-state index in [2.05, 4.69) is 4.98 Å². The van der Waals surface area contributed by atoms with Crippen LogP contribution < -0.4 is 0 Å². The quantitative estimate of drug-likeness (QED) is 0.766. The van der Waals surface area contributed by atoms with Crippen LogP contribution in [0.1, 0.15) is 11.4 Å². The molecular formula is C10H16N3O-. The summed E-state index contributed by atoms with van der Waals surface area (Å²) in [6.45, 7) is 3.38. The molecule has 1 rings (SSSR count). The van der Waals surface area contributed by atoms with Crippen LogP contribution in [0.2, 0.25) is 0 Å². The molecule has 0 aliphatic rings. The first kappa shape index (κ1) is 11.1. The predicted molar refractivity (Wildman–Crippen MR) is 55.7 cm³/mol. The minimum Gasteiger partial charge on any atom is -0.665 e. The molecule has 0 amide bonds. The van der Waals surface area contributed by atoms with Crippen LogP contribution in [0.25, 0.3) is 5.73 Å². The van der Waals surface area contributed by atoms with Gasteiger partial charge in [0.2, 0.25) is 0 Å². The number of hydrogen-bond donors (Lipinski definition) is 1. The zero-order valence-corrected chi connectivity index (χ0v) is 8.40. The maximum atomic E-state index is 8.75. The maximum Gasteiger partial charge on any atom is 0.0557 e. The van der Waals surface area contributed by atoms with Crippen LogP contribution in [0.3, 0.4) is 0 Å². The molecule has 0 radical (unpaired) electrons. The lowest BCUT2D eigenvalue weighted by molar-refractivity contribution is 0.202. The molecule has 0 fully saturated rings. The fraction of sp³-hybridized carbons (Fsp3) is 0.500. The smallest absolute Gasteiger partial charge is 0.0557 e. The molecule has 0 spiro atoms. The Labute approximate surface area is 84.4 Å². The molecule has 0 atom stereocenters. The van der Waals surface area contributed by atoms with Crippen molar-refractivity contribution in [3.8, 4) is 0 Å². The van der Waals surface area contributed by atoms with Crippen molar-refractivity contribution in [2.24, 2.45) is 0 Å². The number of aliphatic hydroxyl groups excluding tert-OH is 1. The monoisotopic (exact) mass is 194 g/mol. The Bertz CT molecular complexity index is 278. The van der Waals surface area contributed by atoms with E-state index in [9.17, 15) is 0 Å². The van der Waals surface area contributed by atoms with E-state index in [1.807, 2.05) is 30.0 Å². The second-order valence-electron chi connectivity index (χ2n) is 3.20. The van der Waals surface area contributed by atoms with Gasteiger partial charge in [-0.2, -0.15) is 0 Å². The van der Waals surface area contributed by atoms with E-state index in [1.165, 1.54) is 0 Å². The van der Waals surface area contributed by atoms with Gasteiger partial charge in [-0.3, -0.25) is 4.98 Å². The van der Waals surface area contributed by atoms with E-state index in [4.69, 9.17) is 10.8 Å². The SMILES string of the molecule is Cc1cccc(CN(C[NH-])CCO)n1. The summed E-state index contributed by atoms with van der Waals surface area (Å²) >= 11 is 0. The van der Waals surface area contributed by atoms with Crippen LogP contribution >= 0.6 is 0 Å². The summed E-state index contributed by atoms with van der Waals surface area (Å²) in [5.74, 6) is 0. The molecule has 14 heavy (non-hydrogen) atoms. The third kappa shape index (κ3) is 3.41. The fourth-order valence-electron chi connectivity index (χ4n) is 1.27. The maximum absolute atomic E-state index is 8.75. The summed E-state index contributed by atoms with van der Waals surface area (Å²) in [4.78, 5) is 6.17. The molecule has 0 aliphatic heterocycles. The summed E-state index contributed by atoms with van der Waals surface area (Å²) in [7, 11) is 0. The van der Waals surface area contributed by atoms with E-state index >= 15 is 0 Å². The van der Waals surface area contributed by atoms with Crippen LogP contribution in [0.15, 0.2) is 18.2 Å². The van der Waals surface area contributed by atoms with Crippen molar-refractivity contribution >= 4 is 0 Å². The Morgan fingerprint density at radius 3 is 2.86 bits per heavy atom. The number of nitrogens with one attached hydrogen (secondary N) is 1. The zero-order chi connectivity index (χ0) is 10.4. The van der Waals surface area contributed by atoms with Crippen LogP contribution in [-0.4, -0.2) is 34.8 Å². The van der Waals surface area contributed by atoms with Gasteiger partial charge in [0, 0.05) is 18.8 Å². The minimum absolute atomic E-state index is 0.0880. The molecule has 0 bridgehead atoms. The first-order chi connectivity index (χ1) is 6.76. The van der Waals surface area contributed by atoms with Gasteiger partial charge in [0.25, 0.3) is 0 Å². The highest BCUT2D eigenvalue weighted by Gasteiger charge is 2.01. The third-order valence-corrected chi connectivity index (χ3v) is 1.97. The zero-order valence-electron chi connectivity index (χ0n) is 8.40. The summed E-state index contributed by atoms with van der Waals surface area (Å²) in [6, 6.07) is 5.84. The van der Waals surface area contributed by atoms with Crippen molar-refractivity contribution in [1.82, 2.24) is 9.88 Å². The molecule has 0 aliphatic carbocycles. The second-order valence-corrected chi connectivity index (χ2v) is 3.20. The van der Waals surface area contributed by atoms with Crippen molar-refractivity contribution in [3.63, 3.8) is 0 Å². The molecule has 1 aromatic heterocycles. The second kappa shape index (κ2) is 5.70. The highest BCUT2D eigenvalue weighted by molar-refractivity contribution is 5.09. The van der Waals surface area contributed by atoms with Gasteiger partial charge >= 0.3 is 0 Å². The molecule has 0 aromatic carbocycles. The van der Waals surface area contributed by atoms with Crippen molar-refractivity contribution in [1.29, 1.82) is 0 Å².